The van der Waals surface area contributed by atoms with Crippen LogP contribution in [0.4, 0.5) is 0 Å². The molecule has 0 spiro atoms. The molecule has 0 bridgehead atoms. The Kier molecular flexibility index (Phi) is 14.7. The Labute approximate surface area is 205 Å². The van der Waals surface area contributed by atoms with Crippen LogP contribution in [0.3, 0.4) is 0 Å². The van der Waals surface area contributed by atoms with Crippen molar-refractivity contribution in [1.29, 1.82) is 0 Å². The largest absolute Gasteiger partial charge is 0.481 e. The number of aliphatic carboxylic acids is 2. The predicted molar refractivity (Wildman–Crippen MR) is 124 cm³/mol. The zero-order chi connectivity index (χ0) is 27.1. The van der Waals surface area contributed by atoms with Gasteiger partial charge in [-0.3, -0.25) is 28.8 Å². The van der Waals surface area contributed by atoms with E-state index >= 15 is 0 Å². The standard InChI is InChI=1S/C19H32N6O9S/c1-35-7-6-11(18(32)25-12(19(33)34)8-14(22)27)24-17(31)10(3-4-13(21)26)23-16(30)9(20)2-5-15(28)29/h9-12H,2-8,20H2,1H3,(H2,21,26)(H2,22,27)(H,23,30)(H,24,31)(H,25,32)(H,28,29)(H,33,34). The van der Waals surface area contributed by atoms with Gasteiger partial charge in [-0.15, -0.1) is 0 Å². The van der Waals surface area contributed by atoms with Crippen LogP contribution in [0.5, 0.6) is 0 Å². The average Bonchev–Trinajstić information content (AvgIpc) is 2.76. The van der Waals surface area contributed by atoms with Gasteiger partial charge in [0.15, 0.2) is 0 Å². The van der Waals surface area contributed by atoms with Gasteiger partial charge in [0.05, 0.1) is 12.5 Å². The minimum Gasteiger partial charge on any atom is -0.481 e. The van der Waals surface area contributed by atoms with E-state index < -0.39 is 72.1 Å². The summed E-state index contributed by atoms with van der Waals surface area (Å²) in [5.41, 5.74) is 15.8. The van der Waals surface area contributed by atoms with Crippen LogP contribution in [0.1, 0.15) is 38.5 Å². The minimum absolute atomic E-state index is 0.0657. The fourth-order valence-electron chi connectivity index (χ4n) is 2.69. The highest BCUT2D eigenvalue weighted by molar-refractivity contribution is 7.98. The second kappa shape index (κ2) is 16.3. The molecule has 11 N–H and O–H groups in total. The lowest BCUT2D eigenvalue weighted by Crippen LogP contribution is -2.57. The number of primary amides is 2. The highest BCUT2D eigenvalue weighted by atomic mass is 32.2. The fourth-order valence-corrected chi connectivity index (χ4v) is 3.17. The van der Waals surface area contributed by atoms with E-state index in [4.69, 9.17) is 22.3 Å². The molecule has 16 heteroatoms. The first-order chi connectivity index (χ1) is 16.3. The molecular weight excluding hydrogens is 488 g/mol. The molecule has 0 rings (SSSR count). The number of amides is 5. The lowest BCUT2D eigenvalue weighted by molar-refractivity contribution is -0.143. The first-order valence-corrected chi connectivity index (χ1v) is 11.8. The van der Waals surface area contributed by atoms with Crippen molar-refractivity contribution in [1.82, 2.24) is 16.0 Å². The Bertz CT molecular complexity index is 810. The molecule has 0 aliphatic rings. The quantitative estimate of drug-likeness (QED) is 0.0882. The summed E-state index contributed by atoms with van der Waals surface area (Å²) in [5.74, 6) is -6.66. The molecule has 0 saturated carbocycles. The molecule has 0 aliphatic heterocycles. The van der Waals surface area contributed by atoms with Gasteiger partial charge in [0.2, 0.25) is 29.5 Å². The Balaban J connectivity index is 5.53. The maximum Gasteiger partial charge on any atom is 0.326 e. The van der Waals surface area contributed by atoms with Gasteiger partial charge >= 0.3 is 11.9 Å². The smallest absolute Gasteiger partial charge is 0.326 e. The van der Waals surface area contributed by atoms with Crippen molar-refractivity contribution in [2.75, 3.05) is 12.0 Å². The minimum atomic E-state index is -1.62. The molecule has 0 saturated heterocycles. The van der Waals surface area contributed by atoms with Crippen LogP contribution >= 0.6 is 11.8 Å². The average molecular weight is 521 g/mol. The van der Waals surface area contributed by atoms with Crippen LogP contribution in [-0.2, 0) is 33.6 Å². The number of carboxylic acid groups (broad SMARTS) is 2. The fraction of sp³-hybridized carbons (Fsp3) is 0.632. The molecule has 0 aliphatic carbocycles. The monoisotopic (exact) mass is 520 g/mol. The van der Waals surface area contributed by atoms with E-state index in [0.717, 1.165) is 0 Å². The maximum atomic E-state index is 12.9. The number of hydrogen-bond acceptors (Lipinski definition) is 9. The van der Waals surface area contributed by atoms with E-state index in [-0.39, 0.29) is 32.1 Å². The number of carbonyl (C=O) groups excluding carboxylic acids is 5. The summed E-state index contributed by atoms with van der Waals surface area (Å²) in [7, 11) is 0. The third kappa shape index (κ3) is 13.8. The number of carboxylic acids is 2. The van der Waals surface area contributed by atoms with Gasteiger partial charge in [-0.25, -0.2) is 4.79 Å². The molecule has 0 aromatic carbocycles. The van der Waals surface area contributed by atoms with Gasteiger partial charge in [-0.05, 0) is 31.3 Å². The summed E-state index contributed by atoms with van der Waals surface area (Å²) in [4.78, 5) is 82.1. The molecule has 5 amide bonds. The molecule has 4 atom stereocenters. The van der Waals surface area contributed by atoms with Crippen molar-refractivity contribution in [3.63, 3.8) is 0 Å². The summed E-state index contributed by atoms with van der Waals surface area (Å²) < 4.78 is 0. The van der Waals surface area contributed by atoms with Crippen LogP contribution in [0.25, 0.3) is 0 Å². The Morgan fingerprint density at radius 2 is 1.26 bits per heavy atom. The summed E-state index contributed by atoms with van der Waals surface area (Å²) in [6.45, 7) is 0. The predicted octanol–water partition coefficient (Wildman–Crippen LogP) is -3.39. The number of hydrogen-bond donors (Lipinski definition) is 8. The van der Waals surface area contributed by atoms with Crippen molar-refractivity contribution < 1.29 is 43.8 Å². The molecule has 198 valence electrons. The topological polar surface area (TPSA) is 274 Å². The van der Waals surface area contributed by atoms with Gasteiger partial charge in [0.1, 0.15) is 18.1 Å². The zero-order valence-electron chi connectivity index (χ0n) is 19.2. The van der Waals surface area contributed by atoms with Gasteiger partial charge < -0.3 is 43.4 Å². The van der Waals surface area contributed by atoms with Gasteiger partial charge in [-0.1, -0.05) is 0 Å². The van der Waals surface area contributed by atoms with Gasteiger partial charge in [-0.2, -0.15) is 11.8 Å². The summed E-state index contributed by atoms with van der Waals surface area (Å²) >= 11 is 1.34. The number of nitrogens with one attached hydrogen (secondary N) is 3. The van der Waals surface area contributed by atoms with Crippen molar-refractivity contribution >= 4 is 53.2 Å². The van der Waals surface area contributed by atoms with E-state index in [2.05, 4.69) is 16.0 Å². The maximum absolute atomic E-state index is 12.9. The molecule has 35 heavy (non-hydrogen) atoms. The SMILES string of the molecule is CSCCC(NC(=O)C(CCC(N)=O)NC(=O)C(N)CCC(=O)O)C(=O)NC(CC(N)=O)C(=O)O. The van der Waals surface area contributed by atoms with Crippen LogP contribution in [0, 0.1) is 0 Å². The molecule has 0 aromatic heterocycles. The van der Waals surface area contributed by atoms with E-state index in [0.29, 0.717) is 5.75 Å². The van der Waals surface area contributed by atoms with E-state index in [1.807, 2.05) is 0 Å². The molecule has 0 fully saturated rings. The Morgan fingerprint density at radius 3 is 1.71 bits per heavy atom. The number of rotatable bonds is 18. The molecular formula is C19H32N6O9S. The zero-order valence-corrected chi connectivity index (χ0v) is 20.0. The molecule has 15 nitrogen and oxygen atoms in total. The Hall–Kier alpha value is -3.40. The summed E-state index contributed by atoms with van der Waals surface area (Å²) in [6, 6.07) is -5.48. The third-order valence-corrected chi connectivity index (χ3v) is 5.23. The van der Waals surface area contributed by atoms with Crippen molar-refractivity contribution in [2.45, 2.75) is 62.7 Å². The highest BCUT2D eigenvalue weighted by Crippen LogP contribution is 2.06. The van der Waals surface area contributed by atoms with Crippen LogP contribution in [0.2, 0.25) is 0 Å². The lowest BCUT2D eigenvalue weighted by atomic mass is 10.1. The number of nitrogens with two attached hydrogens (primary N) is 3. The van der Waals surface area contributed by atoms with E-state index in [1.165, 1.54) is 11.8 Å². The van der Waals surface area contributed by atoms with Gasteiger partial charge in [0.25, 0.3) is 0 Å². The number of thioether (sulfide) groups is 1. The van der Waals surface area contributed by atoms with Crippen LogP contribution < -0.4 is 33.2 Å². The molecule has 0 radical (unpaired) electrons. The second-order valence-electron chi connectivity index (χ2n) is 7.52. The van der Waals surface area contributed by atoms with Crippen LogP contribution in [0.15, 0.2) is 0 Å². The van der Waals surface area contributed by atoms with Crippen LogP contribution in [-0.4, -0.2) is 87.9 Å². The normalized spacial score (nSPS) is 14.0. The van der Waals surface area contributed by atoms with E-state index in [1.54, 1.807) is 6.26 Å². The molecule has 0 aromatic rings. The highest BCUT2D eigenvalue weighted by Gasteiger charge is 2.31. The summed E-state index contributed by atoms with van der Waals surface area (Å²) in [5, 5.41) is 24.8. The second-order valence-corrected chi connectivity index (χ2v) is 8.50. The number of carbonyl (C=O) groups is 7. The lowest BCUT2D eigenvalue weighted by Gasteiger charge is -2.25. The van der Waals surface area contributed by atoms with Crippen molar-refractivity contribution in [3.05, 3.63) is 0 Å². The Morgan fingerprint density at radius 1 is 0.743 bits per heavy atom. The van der Waals surface area contributed by atoms with Crippen molar-refractivity contribution in [2.24, 2.45) is 17.2 Å². The first-order valence-electron chi connectivity index (χ1n) is 10.4. The third-order valence-electron chi connectivity index (χ3n) is 4.58. The molecule has 0 heterocycles. The van der Waals surface area contributed by atoms with Crippen molar-refractivity contribution in [3.8, 4) is 0 Å². The van der Waals surface area contributed by atoms with E-state index in [9.17, 15) is 38.7 Å². The first kappa shape index (κ1) is 31.6. The van der Waals surface area contributed by atoms with Gasteiger partial charge in [0, 0.05) is 12.8 Å². The molecule has 4 unspecified atom stereocenters. The summed E-state index contributed by atoms with van der Waals surface area (Å²) in [6.07, 6.45) is -0.0103.